The average molecular weight is 381 g/mol. The standard InChI is InChI=1S/C18H18F3N3O3/c1-10(17(26)27)8-22-16(25)14-9-23-24(15(14)11-5-6-11)13-4-2-3-12(7-13)18(19,20)21/h2-4,7,9-11H,5-6,8H2,1H3,(H,22,25)(H,26,27). The SMILES string of the molecule is CC(CNC(=O)c1cnn(-c2cccc(C(F)(F)F)c2)c1C1CC1)C(=O)O. The average Bonchev–Trinajstić information content (AvgIpc) is 3.36. The third kappa shape index (κ3) is 4.12. The van der Waals surface area contributed by atoms with E-state index >= 15 is 0 Å². The van der Waals surface area contributed by atoms with Crippen LogP contribution in [-0.4, -0.2) is 33.3 Å². The van der Waals surface area contributed by atoms with Gasteiger partial charge in [0.1, 0.15) is 0 Å². The highest BCUT2D eigenvalue weighted by molar-refractivity contribution is 5.95. The normalized spacial score (nSPS) is 15.4. The molecule has 0 aliphatic heterocycles. The minimum atomic E-state index is -4.48. The minimum absolute atomic E-state index is 0.0414. The van der Waals surface area contributed by atoms with E-state index in [1.807, 2.05) is 0 Å². The first-order valence-electron chi connectivity index (χ1n) is 8.45. The molecule has 2 aromatic rings. The van der Waals surface area contributed by atoms with Crippen molar-refractivity contribution in [3.63, 3.8) is 0 Å². The van der Waals surface area contributed by atoms with Crippen LogP contribution in [0.3, 0.4) is 0 Å². The highest BCUT2D eigenvalue weighted by Crippen LogP contribution is 2.42. The number of alkyl halides is 3. The van der Waals surface area contributed by atoms with E-state index in [1.54, 1.807) is 0 Å². The van der Waals surface area contributed by atoms with Crippen LogP contribution in [0, 0.1) is 5.92 Å². The lowest BCUT2D eigenvalue weighted by molar-refractivity contribution is -0.141. The fraction of sp³-hybridized carbons (Fsp3) is 0.389. The van der Waals surface area contributed by atoms with Crippen LogP contribution in [0.15, 0.2) is 30.5 Å². The van der Waals surface area contributed by atoms with Crippen molar-refractivity contribution in [1.82, 2.24) is 15.1 Å². The van der Waals surface area contributed by atoms with Crippen LogP contribution in [0.25, 0.3) is 5.69 Å². The molecule has 1 aliphatic carbocycles. The molecule has 6 nitrogen and oxygen atoms in total. The van der Waals surface area contributed by atoms with Crippen molar-refractivity contribution in [3.8, 4) is 5.69 Å². The van der Waals surface area contributed by atoms with Gasteiger partial charge in [-0.05, 0) is 31.0 Å². The number of carbonyl (C=O) groups is 2. The van der Waals surface area contributed by atoms with Crippen molar-refractivity contribution in [3.05, 3.63) is 47.3 Å². The van der Waals surface area contributed by atoms with Crippen LogP contribution in [0.1, 0.15) is 47.3 Å². The first kappa shape index (κ1) is 18.9. The largest absolute Gasteiger partial charge is 0.481 e. The number of nitrogens with one attached hydrogen (secondary N) is 1. The summed E-state index contributed by atoms with van der Waals surface area (Å²) in [6.45, 7) is 1.42. The predicted molar refractivity (Wildman–Crippen MR) is 89.7 cm³/mol. The second kappa shape index (κ2) is 7.05. The number of amides is 1. The number of halogens is 3. The Hall–Kier alpha value is -2.84. The maximum atomic E-state index is 13.0. The smallest absolute Gasteiger partial charge is 0.416 e. The van der Waals surface area contributed by atoms with Crippen LogP contribution >= 0.6 is 0 Å². The van der Waals surface area contributed by atoms with Gasteiger partial charge in [0.05, 0.1) is 34.6 Å². The molecule has 1 aliphatic rings. The van der Waals surface area contributed by atoms with Gasteiger partial charge in [0.15, 0.2) is 0 Å². The number of hydrogen-bond donors (Lipinski definition) is 2. The van der Waals surface area contributed by atoms with E-state index < -0.39 is 29.5 Å². The van der Waals surface area contributed by atoms with E-state index in [0.717, 1.165) is 25.0 Å². The lowest BCUT2D eigenvalue weighted by atomic mass is 10.1. The molecule has 0 saturated heterocycles. The summed E-state index contributed by atoms with van der Waals surface area (Å²) in [6.07, 6.45) is -1.53. The second-order valence-electron chi connectivity index (χ2n) is 6.63. The Bertz CT molecular complexity index is 872. The van der Waals surface area contributed by atoms with Crippen LogP contribution in [0.4, 0.5) is 13.2 Å². The van der Waals surface area contributed by atoms with Crippen molar-refractivity contribution in [2.45, 2.75) is 31.9 Å². The van der Waals surface area contributed by atoms with Crippen LogP contribution in [-0.2, 0) is 11.0 Å². The number of carbonyl (C=O) groups excluding carboxylic acids is 1. The molecule has 1 fully saturated rings. The van der Waals surface area contributed by atoms with Gasteiger partial charge in [0, 0.05) is 12.5 Å². The number of aliphatic carboxylic acids is 1. The van der Waals surface area contributed by atoms with Crippen molar-refractivity contribution in [2.75, 3.05) is 6.54 Å². The fourth-order valence-electron chi connectivity index (χ4n) is 2.73. The highest BCUT2D eigenvalue weighted by Gasteiger charge is 2.34. The van der Waals surface area contributed by atoms with Gasteiger partial charge >= 0.3 is 12.1 Å². The van der Waals surface area contributed by atoms with Crippen molar-refractivity contribution in [1.29, 1.82) is 0 Å². The number of rotatable bonds is 6. The zero-order valence-corrected chi connectivity index (χ0v) is 14.5. The van der Waals surface area contributed by atoms with Crippen LogP contribution < -0.4 is 5.32 Å². The zero-order valence-electron chi connectivity index (χ0n) is 14.5. The molecule has 1 amide bonds. The molecule has 2 N–H and O–H groups in total. The number of hydrogen-bond acceptors (Lipinski definition) is 3. The number of carboxylic acids is 1. The Morgan fingerprint density at radius 2 is 2.07 bits per heavy atom. The number of aromatic nitrogens is 2. The van der Waals surface area contributed by atoms with E-state index in [1.165, 1.54) is 29.9 Å². The third-order valence-corrected chi connectivity index (χ3v) is 4.42. The molecular weight excluding hydrogens is 363 g/mol. The van der Waals surface area contributed by atoms with E-state index in [4.69, 9.17) is 5.11 Å². The number of nitrogens with zero attached hydrogens (tertiary/aromatic N) is 2. The Morgan fingerprint density at radius 3 is 2.67 bits per heavy atom. The monoisotopic (exact) mass is 381 g/mol. The quantitative estimate of drug-likeness (QED) is 0.805. The number of benzene rings is 1. The molecule has 1 saturated carbocycles. The van der Waals surface area contributed by atoms with E-state index in [-0.39, 0.29) is 23.7 Å². The molecule has 144 valence electrons. The second-order valence-corrected chi connectivity index (χ2v) is 6.63. The lowest BCUT2D eigenvalue weighted by Crippen LogP contribution is -2.31. The minimum Gasteiger partial charge on any atom is -0.481 e. The van der Waals surface area contributed by atoms with E-state index in [0.29, 0.717) is 5.69 Å². The molecule has 0 radical (unpaired) electrons. The van der Waals surface area contributed by atoms with Crippen molar-refractivity contribution in [2.24, 2.45) is 5.92 Å². The molecule has 27 heavy (non-hydrogen) atoms. The van der Waals surface area contributed by atoms with E-state index in [2.05, 4.69) is 10.4 Å². The molecule has 3 rings (SSSR count). The van der Waals surface area contributed by atoms with Crippen molar-refractivity contribution < 1.29 is 27.9 Å². The molecule has 1 aromatic heterocycles. The molecule has 1 heterocycles. The molecular formula is C18H18F3N3O3. The zero-order chi connectivity index (χ0) is 19.8. The van der Waals surface area contributed by atoms with Gasteiger partial charge in [-0.3, -0.25) is 9.59 Å². The first-order valence-corrected chi connectivity index (χ1v) is 8.45. The van der Waals surface area contributed by atoms with Gasteiger partial charge in [0.25, 0.3) is 5.91 Å². The summed E-state index contributed by atoms with van der Waals surface area (Å²) in [5.41, 5.74) is 0.241. The van der Waals surface area contributed by atoms with Gasteiger partial charge in [-0.25, -0.2) is 4.68 Å². The molecule has 0 spiro atoms. The third-order valence-electron chi connectivity index (χ3n) is 4.42. The lowest BCUT2D eigenvalue weighted by Gasteiger charge is -2.12. The summed E-state index contributed by atoms with van der Waals surface area (Å²) in [6, 6.07) is 4.77. The summed E-state index contributed by atoms with van der Waals surface area (Å²) in [5.74, 6) is -2.22. The van der Waals surface area contributed by atoms with Crippen LogP contribution in [0.2, 0.25) is 0 Å². The summed E-state index contributed by atoms with van der Waals surface area (Å²) in [7, 11) is 0. The molecule has 1 aromatic carbocycles. The Balaban J connectivity index is 1.91. The van der Waals surface area contributed by atoms with Crippen LogP contribution in [0.5, 0.6) is 0 Å². The summed E-state index contributed by atoms with van der Waals surface area (Å²) >= 11 is 0. The van der Waals surface area contributed by atoms with Gasteiger partial charge in [0.2, 0.25) is 0 Å². The Morgan fingerprint density at radius 1 is 1.37 bits per heavy atom. The summed E-state index contributed by atoms with van der Waals surface area (Å²) in [4.78, 5) is 23.3. The van der Waals surface area contributed by atoms with Gasteiger partial charge < -0.3 is 10.4 Å². The van der Waals surface area contributed by atoms with Crippen molar-refractivity contribution >= 4 is 11.9 Å². The highest BCUT2D eigenvalue weighted by atomic mass is 19.4. The molecule has 1 atom stereocenters. The molecule has 1 unspecified atom stereocenters. The summed E-state index contributed by atoms with van der Waals surface area (Å²) in [5, 5.41) is 15.6. The Labute approximate surface area is 153 Å². The molecule has 0 bridgehead atoms. The van der Waals surface area contributed by atoms with Gasteiger partial charge in [-0.1, -0.05) is 13.0 Å². The first-order chi connectivity index (χ1) is 12.7. The number of carboxylic acid groups (broad SMARTS) is 1. The topological polar surface area (TPSA) is 84.2 Å². The molecule has 9 heteroatoms. The Kier molecular flexibility index (Phi) is 4.95. The maximum Gasteiger partial charge on any atom is 0.416 e. The van der Waals surface area contributed by atoms with Gasteiger partial charge in [-0.15, -0.1) is 0 Å². The van der Waals surface area contributed by atoms with Gasteiger partial charge in [-0.2, -0.15) is 18.3 Å². The fourth-order valence-corrected chi connectivity index (χ4v) is 2.73. The predicted octanol–water partition coefficient (Wildman–Crippen LogP) is 3.22. The van der Waals surface area contributed by atoms with E-state index in [9.17, 15) is 22.8 Å². The summed E-state index contributed by atoms with van der Waals surface area (Å²) < 4.78 is 40.3. The maximum absolute atomic E-state index is 13.0.